The van der Waals surface area contributed by atoms with Crippen LogP contribution in [0.3, 0.4) is 0 Å². The summed E-state index contributed by atoms with van der Waals surface area (Å²) in [5, 5.41) is 12.7. The van der Waals surface area contributed by atoms with Crippen molar-refractivity contribution in [3.63, 3.8) is 0 Å². The molecule has 0 aromatic rings. The lowest BCUT2D eigenvalue weighted by Gasteiger charge is -2.27. The second-order valence-corrected chi connectivity index (χ2v) is 5.04. The highest BCUT2D eigenvalue weighted by Crippen LogP contribution is 2.41. The zero-order chi connectivity index (χ0) is 11.1. The van der Waals surface area contributed by atoms with Crippen LogP contribution in [0.4, 0.5) is 0 Å². The molecule has 1 unspecified atom stereocenters. The first-order valence-electron chi connectivity index (χ1n) is 5.52. The Hall–Kier alpha value is -0.240. The molecule has 0 amide bonds. The average Bonchev–Trinajstić information content (AvgIpc) is 3.07. The van der Waals surface area contributed by atoms with Gasteiger partial charge in [0.25, 0.3) is 0 Å². The summed E-state index contributed by atoms with van der Waals surface area (Å²) in [7, 11) is 1.71. The van der Waals surface area contributed by atoms with Crippen molar-refractivity contribution >= 4 is 11.8 Å². The number of nitrogens with zero attached hydrogens (tertiary/aromatic N) is 1. The molecule has 1 rings (SSSR count). The molecule has 15 heavy (non-hydrogen) atoms. The fourth-order valence-electron chi connectivity index (χ4n) is 1.74. The summed E-state index contributed by atoms with van der Waals surface area (Å²) in [6.45, 7) is 3.70. The Kier molecular flexibility index (Phi) is 5.44. The van der Waals surface area contributed by atoms with Gasteiger partial charge in [-0.25, -0.2) is 0 Å². The molecule has 4 heteroatoms. The Labute approximate surface area is 96.6 Å². The van der Waals surface area contributed by atoms with Crippen molar-refractivity contribution in [2.75, 3.05) is 31.8 Å². The maximum Gasteiger partial charge on any atom is 0.118 e. The lowest BCUT2D eigenvalue weighted by molar-refractivity contribution is 0.218. The van der Waals surface area contributed by atoms with Crippen LogP contribution >= 0.6 is 11.8 Å². The van der Waals surface area contributed by atoms with Crippen molar-refractivity contribution in [2.45, 2.75) is 25.3 Å². The number of hydrogen-bond acceptors (Lipinski definition) is 4. The number of thioether (sulfide) groups is 1. The van der Waals surface area contributed by atoms with Gasteiger partial charge in [0.05, 0.1) is 12.7 Å². The normalized spacial score (nSPS) is 19.5. The van der Waals surface area contributed by atoms with Gasteiger partial charge in [0.2, 0.25) is 0 Å². The second-order valence-electron chi connectivity index (χ2n) is 3.93. The van der Waals surface area contributed by atoms with Crippen LogP contribution in [0.1, 0.15) is 19.8 Å². The van der Waals surface area contributed by atoms with E-state index in [-0.39, 0.29) is 5.54 Å². The predicted molar refractivity (Wildman–Crippen MR) is 63.9 cm³/mol. The SMILES string of the molecule is CCNC(C#N)(CSCCOC)C1CC1. The van der Waals surface area contributed by atoms with Crippen molar-refractivity contribution in [3.8, 4) is 6.07 Å². The number of ether oxygens (including phenoxy) is 1. The van der Waals surface area contributed by atoms with E-state index in [1.165, 1.54) is 12.8 Å². The van der Waals surface area contributed by atoms with Crippen LogP contribution in [0, 0.1) is 17.2 Å². The highest BCUT2D eigenvalue weighted by Gasteiger charge is 2.44. The zero-order valence-electron chi connectivity index (χ0n) is 9.58. The molecule has 0 saturated heterocycles. The second kappa shape index (κ2) is 6.37. The lowest BCUT2D eigenvalue weighted by Crippen LogP contribution is -2.48. The van der Waals surface area contributed by atoms with E-state index in [4.69, 9.17) is 4.74 Å². The van der Waals surface area contributed by atoms with Crippen LogP contribution in [0.15, 0.2) is 0 Å². The molecule has 0 radical (unpaired) electrons. The molecule has 0 heterocycles. The first-order valence-corrected chi connectivity index (χ1v) is 6.67. The Morgan fingerprint density at radius 1 is 1.60 bits per heavy atom. The fourth-order valence-corrected chi connectivity index (χ4v) is 2.90. The van der Waals surface area contributed by atoms with Gasteiger partial charge in [-0.15, -0.1) is 0 Å². The number of nitriles is 1. The molecule has 0 aromatic heterocycles. The van der Waals surface area contributed by atoms with Crippen LogP contribution in [-0.4, -0.2) is 37.3 Å². The van der Waals surface area contributed by atoms with E-state index in [1.54, 1.807) is 7.11 Å². The van der Waals surface area contributed by atoms with E-state index in [0.717, 1.165) is 24.7 Å². The Morgan fingerprint density at radius 2 is 2.33 bits per heavy atom. The summed E-state index contributed by atoms with van der Waals surface area (Å²) < 4.78 is 5.00. The minimum Gasteiger partial charge on any atom is -0.384 e. The molecule has 1 N–H and O–H groups in total. The first kappa shape index (κ1) is 12.8. The molecular formula is C11H20N2OS. The monoisotopic (exact) mass is 228 g/mol. The first-order chi connectivity index (χ1) is 7.29. The highest BCUT2D eigenvalue weighted by atomic mass is 32.2. The van der Waals surface area contributed by atoms with Crippen molar-refractivity contribution in [1.29, 1.82) is 5.26 Å². The number of methoxy groups -OCH3 is 1. The summed E-state index contributed by atoms with van der Waals surface area (Å²) in [6.07, 6.45) is 2.40. The van der Waals surface area contributed by atoms with Crippen LogP contribution in [-0.2, 0) is 4.74 Å². The molecule has 1 fully saturated rings. The van der Waals surface area contributed by atoms with E-state index in [9.17, 15) is 5.26 Å². The third-order valence-corrected chi connectivity index (χ3v) is 3.84. The third-order valence-electron chi connectivity index (χ3n) is 2.73. The van der Waals surface area contributed by atoms with Crippen molar-refractivity contribution in [1.82, 2.24) is 5.32 Å². The molecule has 1 saturated carbocycles. The molecule has 0 aromatic carbocycles. The van der Waals surface area contributed by atoms with Gasteiger partial charge in [-0.1, -0.05) is 6.92 Å². The van der Waals surface area contributed by atoms with Crippen molar-refractivity contribution < 1.29 is 4.74 Å². The minimum absolute atomic E-state index is 0.285. The molecular weight excluding hydrogens is 208 g/mol. The largest absolute Gasteiger partial charge is 0.384 e. The quantitative estimate of drug-likeness (QED) is 0.642. The average molecular weight is 228 g/mol. The van der Waals surface area contributed by atoms with E-state index in [2.05, 4.69) is 18.3 Å². The summed E-state index contributed by atoms with van der Waals surface area (Å²) in [5.74, 6) is 2.42. The summed E-state index contributed by atoms with van der Waals surface area (Å²) >= 11 is 1.81. The van der Waals surface area contributed by atoms with Crippen molar-refractivity contribution in [2.24, 2.45) is 5.92 Å². The third kappa shape index (κ3) is 3.67. The summed E-state index contributed by atoms with van der Waals surface area (Å²) in [4.78, 5) is 0. The maximum absolute atomic E-state index is 9.32. The lowest BCUT2D eigenvalue weighted by atomic mass is 9.98. The predicted octanol–water partition coefficient (Wildman–Crippen LogP) is 1.65. The minimum atomic E-state index is -0.285. The Bertz CT molecular complexity index is 225. The van der Waals surface area contributed by atoms with Gasteiger partial charge >= 0.3 is 0 Å². The van der Waals surface area contributed by atoms with Crippen molar-refractivity contribution in [3.05, 3.63) is 0 Å². The zero-order valence-corrected chi connectivity index (χ0v) is 10.4. The van der Waals surface area contributed by atoms with E-state index in [0.29, 0.717) is 5.92 Å². The molecule has 1 atom stereocenters. The molecule has 86 valence electrons. The van der Waals surface area contributed by atoms with Gasteiger partial charge in [0, 0.05) is 18.6 Å². The molecule has 1 aliphatic rings. The van der Waals surface area contributed by atoms with Crippen LogP contribution in [0.2, 0.25) is 0 Å². The van der Waals surface area contributed by atoms with Gasteiger partial charge in [-0.3, -0.25) is 5.32 Å². The molecule has 0 aliphatic heterocycles. The molecule has 3 nitrogen and oxygen atoms in total. The summed E-state index contributed by atoms with van der Waals surface area (Å²) in [6, 6.07) is 2.48. The smallest absolute Gasteiger partial charge is 0.118 e. The van der Waals surface area contributed by atoms with Gasteiger partial charge in [-0.2, -0.15) is 17.0 Å². The van der Waals surface area contributed by atoms with E-state index < -0.39 is 0 Å². The Balaban J connectivity index is 2.38. The van der Waals surface area contributed by atoms with Gasteiger partial charge in [-0.05, 0) is 25.3 Å². The van der Waals surface area contributed by atoms with Gasteiger partial charge in [0.1, 0.15) is 5.54 Å². The topological polar surface area (TPSA) is 45.0 Å². The summed E-state index contributed by atoms with van der Waals surface area (Å²) in [5.41, 5.74) is -0.285. The van der Waals surface area contributed by atoms with E-state index in [1.807, 2.05) is 11.8 Å². The fraction of sp³-hybridized carbons (Fsp3) is 0.909. The highest BCUT2D eigenvalue weighted by molar-refractivity contribution is 7.99. The Morgan fingerprint density at radius 3 is 2.80 bits per heavy atom. The number of hydrogen-bond donors (Lipinski definition) is 1. The number of nitrogens with one attached hydrogen (secondary N) is 1. The maximum atomic E-state index is 9.32. The van der Waals surface area contributed by atoms with Gasteiger partial charge < -0.3 is 4.74 Å². The number of rotatable bonds is 8. The van der Waals surface area contributed by atoms with Gasteiger partial charge in [0.15, 0.2) is 0 Å². The molecule has 0 spiro atoms. The molecule has 0 bridgehead atoms. The van der Waals surface area contributed by atoms with Crippen LogP contribution in [0.25, 0.3) is 0 Å². The standard InChI is InChI=1S/C11H20N2OS/c1-3-13-11(8-12,10-4-5-10)9-15-7-6-14-2/h10,13H,3-7,9H2,1-2H3. The van der Waals surface area contributed by atoms with E-state index >= 15 is 0 Å². The van der Waals surface area contributed by atoms with Crippen LogP contribution in [0.5, 0.6) is 0 Å². The van der Waals surface area contributed by atoms with Crippen LogP contribution < -0.4 is 5.32 Å². The molecule has 1 aliphatic carbocycles.